The highest BCUT2D eigenvalue weighted by molar-refractivity contribution is 9.10. The Kier molecular flexibility index (Phi) is 6.71. The topological polar surface area (TPSA) is 35.5 Å². The average Bonchev–Trinajstić information content (AvgIpc) is 3.15. The first-order chi connectivity index (χ1) is 15.0. The highest BCUT2D eigenvalue weighted by Gasteiger charge is 2.24. The fraction of sp³-hybridized carbons (Fsp3) is 0.269. The Bertz CT molecular complexity index is 1050. The van der Waals surface area contributed by atoms with Gasteiger partial charge in [-0.1, -0.05) is 46.3 Å². The summed E-state index contributed by atoms with van der Waals surface area (Å²) in [5, 5.41) is 0. The predicted molar refractivity (Wildman–Crippen MR) is 122 cm³/mol. The molecule has 0 saturated carbocycles. The summed E-state index contributed by atoms with van der Waals surface area (Å²) in [6.07, 6.45) is 2.20. The molecule has 1 aliphatic rings. The van der Waals surface area contributed by atoms with Crippen LogP contribution in [0.25, 0.3) is 0 Å². The SMILES string of the molecule is CCOC(=O)CC(c1ccc(F)cc1)c1ccc(OC2CCc3cc(Br)ccc32)cc1. The Balaban J connectivity index is 1.53. The molecular weight excluding hydrogens is 459 g/mol. The van der Waals surface area contributed by atoms with Gasteiger partial charge in [0.25, 0.3) is 0 Å². The Morgan fingerprint density at radius 2 is 1.74 bits per heavy atom. The Hall–Kier alpha value is -2.66. The van der Waals surface area contributed by atoms with Crippen molar-refractivity contribution in [2.45, 2.75) is 38.2 Å². The molecule has 2 unspecified atom stereocenters. The minimum atomic E-state index is -0.300. The molecule has 0 bridgehead atoms. The van der Waals surface area contributed by atoms with Crippen molar-refractivity contribution < 1.29 is 18.7 Å². The highest BCUT2D eigenvalue weighted by Crippen LogP contribution is 2.37. The smallest absolute Gasteiger partial charge is 0.306 e. The van der Waals surface area contributed by atoms with Gasteiger partial charge in [-0.15, -0.1) is 0 Å². The highest BCUT2D eigenvalue weighted by atomic mass is 79.9. The van der Waals surface area contributed by atoms with Crippen LogP contribution < -0.4 is 4.74 Å². The third-order valence-corrected chi connectivity index (χ3v) is 6.13. The molecule has 0 N–H and O–H groups in total. The molecule has 5 heteroatoms. The van der Waals surface area contributed by atoms with E-state index in [9.17, 15) is 9.18 Å². The lowest BCUT2D eigenvalue weighted by Crippen LogP contribution is -2.12. The van der Waals surface area contributed by atoms with Crippen LogP contribution in [0, 0.1) is 5.82 Å². The molecule has 3 aromatic rings. The normalized spacial score (nSPS) is 15.9. The van der Waals surface area contributed by atoms with Crippen LogP contribution in [0.2, 0.25) is 0 Å². The number of fused-ring (bicyclic) bond motifs is 1. The largest absolute Gasteiger partial charge is 0.486 e. The van der Waals surface area contributed by atoms with Crippen molar-refractivity contribution in [2.24, 2.45) is 0 Å². The van der Waals surface area contributed by atoms with Crippen molar-refractivity contribution in [2.75, 3.05) is 6.61 Å². The van der Waals surface area contributed by atoms with E-state index < -0.39 is 0 Å². The summed E-state index contributed by atoms with van der Waals surface area (Å²) in [7, 11) is 0. The minimum Gasteiger partial charge on any atom is -0.486 e. The molecular formula is C26H24BrFO3. The lowest BCUT2D eigenvalue weighted by Gasteiger charge is -2.19. The summed E-state index contributed by atoms with van der Waals surface area (Å²) in [5.41, 5.74) is 4.39. The van der Waals surface area contributed by atoms with E-state index in [-0.39, 0.29) is 30.2 Å². The lowest BCUT2D eigenvalue weighted by atomic mass is 9.88. The molecule has 0 radical (unpaired) electrons. The number of esters is 1. The second-order valence-electron chi connectivity index (χ2n) is 7.67. The summed E-state index contributed by atoms with van der Waals surface area (Å²) in [5.74, 6) is 0.00824. The number of carbonyl (C=O) groups excluding carboxylic acids is 1. The van der Waals surface area contributed by atoms with Crippen molar-refractivity contribution in [1.29, 1.82) is 0 Å². The van der Waals surface area contributed by atoms with E-state index >= 15 is 0 Å². The van der Waals surface area contributed by atoms with E-state index in [4.69, 9.17) is 9.47 Å². The summed E-state index contributed by atoms with van der Waals surface area (Å²) >= 11 is 3.53. The second kappa shape index (κ2) is 9.65. The van der Waals surface area contributed by atoms with Crippen LogP contribution in [0.4, 0.5) is 4.39 Å². The molecule has 0 aromatic heterocycles. The van der Waals surface area contributed by atoms with Gasteiger partial charge in [0.05, 0.1) is 13.0 Å². The predicted octanol–water partition coefficient (Wildman–Crippen LogP) is 6.74. The lowest BCUT2D eigenvalue weighted by molar-refractivity contribution is -0.143. The zero-order chi connectivity index (χ0) is 21.8. The molecule has 0 spiro atoms. The minimum absolute atomic E-state index is 0.0429. The fourth-order valence-electron chi connectivity index (χ4n) is 4.12. The van der Waals surface area contributed by atoms with E-state index in [1.807, 2.05) is 30.3 Å². The number of hydrogen-bond donors (Lipinski definition) is 0. The molecule has 31 heavy (non-hydrogen) atoms. The van der Waals surface area contributed by atoms with Crippen LogP contribution in [0.15, 0.2) is 71.2 Å². The summed E-state index contributed by atoms with van der Waals surface area (Å²) in [6.45, 7) is 2.12. The summed E-state index contributed by atoms with van der Waals surface area (Å²) < 4.78 is 25.9. The van der Waals surface area contributed by atoms with Gasteiger partial charge in [-0.2, -0.15) is 0 Å². The van der Waals surface area contributed by atoms with E-state index in [0.717, 1.165) is 34.2 Å². The molecule has 2 atom stereocenters. The molecule has 0 amide bonds. The number of hydrogen-bond acceptors (Lipinski definition) is 3. The Morgan fingerprint density at radius 3 is 2.42 bits per heavy atom. The number of carbonyl (C=O) groups is 1. The van der Waals surface area contributed by atoms with Crippen molar-refractivity contribution in [3.63, 3.8) is 0 Å². The number of benzene rings is 3. The van der Waals surface area contributed by atoms with Crippen molar-refractivity contribution in [3.05, 3.63) is 99.3 Å². The van der Waals surface area contributed by atoms with Gasteiger partial charge in [0, 0.05) is 10.4 Å². The van der Waals surface area contributed by atoms with E-state index in [2.05, 4.69) is 28.1 Å². The van der Waals surface area contributed by atoms with Crippen LogP contribution in [0.1, 0.15) is 54.0 Å². The number of halogens is 2. The molecule has 0 fully saturated rings. The molecule has 4 rings (SSSR count). The molecule has 3 nitrogen and oxygen atoms in total. The first-order valence-electron chi connectivity index (χ1n) is 10.5. The monoisotopic (exact) mass is 482 g/mol. The van der Waals surface area contributed by atoms with Crippen LogP contribution in [0.5, 0.6) is 5.75 Å². The molecule has 160 valence electrons. The van der Waals surface area contributed by atoms with Gasteiger partial charge < -0.3 is 9.47 Å². The number of ether oxygens (including phenoxy) is 2. The van der Waals surface area contributed by atoms with Gasteiger partial charge in [0.15, 0.2) is 0 Å². The van der Waals surface area contributed by atoms with Crippen LogP contribution in [-0.4, -0.2) is 12.6 Å². The van der Waals surface area contributed by atoms with Crippen molar-refractivity contribution in [3.8, 4) is 5.75 Å². The van der Waals surface area contributed by atoms with Crippen LogP contribution in [0.3, 0.4) is 0 Å². The van der Waals surface area contributed by atoms with Crippen LogP contribution in [-0.2, 0) is 16.0 Å². The first kappa shape index (κ1) is 21.6. The van der Waals surface area contributed by atoms with Gasteiger partial charge in [-0.25, -0.2) is 4.39 Å². The zero-order valence-corrected chi connectivity index (χ0v) is 18.9. The van der Waals surface area contributed by atoms with Crippen molar-refractivity contribution in [1.82, 2.24) is 0 Å². The van der Waals surface area contributed by atoms with E-state index in [0.29, 0.717) is 6.61 Å². The third-order valence-electron chi connectivity index (χ3n) is 5.64. The molecule has 0 saturated heterocycles. The molecule has 0 heterocycles. The maximum Gasteiger partial charge on any atom is 0.306 e. The number of aryl methyl sites for hydroxylation is 1. The first-order valence-corrected chi connectivity index (χ1v) is 11.3. The maximum absolute atomic E-state index is 13.4. The Labute approximate surface area is 190 Å². The fourth-order valence-corrected chi connectivity index (χ4v) is 4.53. The van der Waals surface area contributed by atoms with Gasteiger partial charge >= 0.3 is 5.97 Å². The quantitative estimate of drug-likeness (QED) is 0.349. The second-order valence-corrected chi connectivity index (χ2v) is 8.59. The van der Waals surface area contributed by atoms with Gasteiger partial charge in [-0.3, -0.25) is 4.79 Å². The van der Waals surface area contributed by atoms with Gasteiger partial charge in [0.2, 0.25) is 0 Å². The third kappa shape index (κ3) is 5.16. The maximum atomic E-state index is 13.4. The summed E-state index contributed by atoms with van der Waals surface area (Å²) in [6, 6.07) is 20.4. The van der Waals surface area contributed by atoms with Gasteiger partial charge in [-0.05, 0) is 78.4 Å². The van der Waals surface area contributed by atoms with Gasteiger partial charge in [0.1, 0.15) is 17.7 Å². The molecule has 1 aliphatic carbocycles. The number of rotatable bonds is 7. The molecule has 3 aromatic carbocycles. The van der Waals surface area contributed by atoms with E-state index in [1.165, 1.54) is 23.3 Å². The van der Waals surface area contributed by atoms with Crippen LogP contribution >= 0.6 is 15.9 Å². The molecule has 0 aliphatic heterocycles. The van der Waals surface area contributed by atoms with Crippen molar-refractivity contribution >= 4 is 21.9 Å². The average molecular weight is 483 g/mol. The summed E-state index contributed by atoms with van der Waals surface area (Å²) in [4.78, 5) is 12.2. The Morgan fingerprint density at radius 1 is 1.06 bits per heavy atom. The standard InChI is InChI=1S/C26H24BrFO3/c1-2-30-26(29)16-24(17-3-9-21(28)10-4-17)18-5-11-22(12-6-18)31-25-14-7-19-15-20(27)8-13-23(19)25/h3-6,8-13,15,24-25H,2,7,14,16H2,1H3. The zero-order valence-electron chi connectivity index (χ0n) is 17.3. The van der Waals surface area contributed by atoms with E-state index in [1.54, 1.807) is 19.1 Å².